The summed E-state index contributed by atoms with van der Waals surface area (Å²) >= 11 is 11.7. The van der Waals surface area contributed by atoms with Crippen LogP contribution in [0.4, 0.5) is 14.5 Å². The number of carbonyl (C=O) groups is 1. The molecule has 3 rings (SSSR count). The molecule has 8 heteroatoms. The summed E-state index contributed by atoms with van der Waals surface area (Å²) in [6.07, 6.45) is 0. The Morgan fingerprint density at radius 2 is 1.92 bits per heavy atom. The molecule has 1 heterocycles. The summed E-state index contributed by atoms with van der Waals surface area (Å²) in [6, 6.07) is 7.88. The van der Waals surface area contributed by atoms with E-state index in [4.69, 9.17) is 27.7 Å². The van der Waals surface area contributed by atoms with E-state index in [2.05, 4.69) is 10.5 Å². The number of benzene rings is 2. The van der Waals surface area contributed by atoms with Crippen LogP contribution in [-0.2, 0) is 0 Å². The van der Waals surface area contributed by atoms with Gasteiger partial charge in [-0.1, -0.05) is 34.4 Å². The summed E-state index contributed by atoms with van der Waals surface area (Å²) in [5.74, 6) is -1.94. The standard InChI is InChI=1S/C17H10Cl2F2N2O2/c1-8-14(17(24)22-13-6-5-9(18)7-12(13)21)16(23-25-8)15-10(19)3-2-4-11(15)20/h2-7H,1H3,(H,22,24). The molecule has 2 aromatic carbocycles. The Kier molecular flexibility index (Phi) is 4.74. The second-order valence-corrected chi connectivity index (χ2v) is 5.98. The predicted molar refractivity (Wildman–Crippen MR) is 91.0 cm³/mol. The van der Waals surface area contributed by atoms with Gasteiger partial charge in [0.15, 0.2) is 0 Å². The van der Waals surface area contributed by atoms with Crippen molar-refractivity contribution in [1.29, 1.82) is 0 Å². The molecule has 1 amide bonds. The van der Waals surface area contributed by atoms with Crippen LogP contribution in [0.3, 0.4) is 0 Å². The van der Waals surface area contributed by atoms with Gasteiger partial charge in [-0.25, -0.2) is 8.78 Å². The van der Waals surface area contributed by atoms with Crippen LogP contribution in [0.2, 0.25) is 10.0 Å². The molecule has 0 aliphatic rings. The van der Waals surface area contributed by atoms with E-state index >= 15 is 0 Å². The Morgan fingerprint density at radius 3 is 2.60 bits per heavy atom. The third kappa shape index (κ3) is 3.36. The van der Waals surface area contributed by atoms with Gasteiger partial charge in [-0.15, -0.1) is 0 Å². The Balaban J connectivity index is 2.03. The van der Waals surface area contributed by atoms with Gasteiger partial charge in [0.25, 0.3) is 5.91 Å². The van der Waals surface area contributed by atoms with Gasteiger partial charge < -0.3 is 9.84 Å². The van der Waals surface area contributed by atoms with Crippen LogP contribution in [0.1, 0.15) is 16.1 Å². The van der Waals surface area contributed by atoms with Crippen LogP contribution in [-0.4, -0.2) is 11.1 Å². The normalized spacial score (nSPS) is 10.8. The van der Waals surface area contributed by atoms with Crippen molar-refractivity contribution in [2.45, 2.75) is 6.92 Å². The first-order chi connectivity index (χ1) is 11.9. The van der Waals surface area contributed by atoms with E-state index in [0.717, 1.165) is 6.07 Å². The molecule has 0 saturated carbocycles. The molecule has 0 fully saturated rings. The molecule has 0 aliphatic heterocycles. The van der Waals surface area contributed by atoms with Crippen molar-refractivity contribution in [1.82, 2.24) is 5.16 Å². The molecule has 1 aromatic heterocycles. The lowest BCUT2D eigenvalue weighted by molar-refractivity contribution is 0.102. The monoisotopic (exact) mass is 382 g/mol. The minimum Gasteiger partial charge on any atom is -0.360 e. The summed E-state index contributed by atoms with van der Waals surface area (Å²) in [6.45, 7) is 1.48. The molecule has 4 nitrogen and oxygen atoms in total. The Bertz CT molecular complexity index is 953. The molecule has 3 aromatic rings. The van der Waals surface area contributed by atoms with Gasteiger partial charge in [-0.3, -0.25) is 4.79 Å². The van der Waals surface area contributed by atoms with Crippen LogP contribution < -0.4 is 5.32 Å². The maximum Gasteiger partial charge on any atom is 0.261 e. The molecule has 128 valence electrons. The van der Waals surface area contributed by atoms with Crippen molar-refractivity contribution in [3.8, 4) is 11.3 Å². The number of nitrogens with zero attached hydrogens (tertiary/aromatic N) is 1. The summed E-state index contributed by atoms with van der Waals surface area (Å²) in [5, 5.41) is 6.38. The van der Waals surface area contributed by atoms with E-state index in [1.807, 2.05) is 0 Å². The summed E-state index contributed by atoms with van der Waals surface area (Å²) < 4.78 is 33.1. The number of aromatic nitrogens is 1. The number of halogens is 4. The molecule has 0 atom stereocenters. The lowest BCUT2D eigenvalue weighted by atomic mass is 10.0. The lowest BCUT2D eigenvalue weighted by Gasteiger charge is -2.08. The first-order valence-corrected chi connectivity index (χ1v) is 7.81. The number of carbonyl (C=O) groups excluding carboxylic acids is 1. The number of aryl methyl sites for hydroxylation is 1. The minimum atomic E-state index is -0.714. The van der Waals surface area contributed by atoms with E-state index < -0.39 is 17.5 Å². The van der Waals surface area contributed by atoms with E-state index in [9.17, 15) is 13.6 Å². The number of hydrogen-bond acceptors (Lipinski definition) is 3. The van der Waals surface area contributed by atoms with Crippen molar-refractivity contribution < 1.29 is 18.1 Å². The molecule has 0 saturated heterocycles. The molecule has 0 aliphatic carbocycles. The number of hydrogen-bond donors (Lipinski definition) is 1. The number of amides is 1. The highest BCUT2D eigenvalue weighted by molar-refractivity contribution is 6.33. The van der Waals surface area contributed by atoms with Gasteiger partial charge in [-0.05, 0) is 37.3 Å². The second kappa shape index (κ2) is 6.82. The zero-order valence-corrected chi connectivity index (χ0v) is 14.3. The predicted octanol–water partition coefficient (Wildman–Crippen LogP) is 5.49. The first-order valence-electron chi connectivity index (χ1n) is 7.05. The fraction of sp³-hybridized carbons (Fsp3) is 0.0588. The van der Waals surface area contributed by atoms with Crippen molar-refractivity contribution in [3.63, 3.8) is 0 Å². The van der Waals surface area contributed by atoms with Crippen LogP contribution in [0.5, 0.6) is 0 Å². The molecule has 0 bridgehead atoms. The molecule has 0 radical (unpaired) electrons. The fourth-order valence-electron chi connectivity index (χ4n) is 2.31. The highest BCUT2D eigenvalue weighted by atomic mass is 35.5. The summed E-state index contributed by atoms with van der Waals surface area (Å²) in [7, 11) is 0. The van der Waals surface area contributed by atoms with Gasteiger partial charge in [0, 0.05) is 5.02 Å². The molecule has 0 spiro atoms. The van der Waals surface area contributed by atoms with Crippen molar-refractivity contribution in [3.05, 3.63) is 69.4 Å². The molecule has 1 N–H and O–H groups in total. The highest BCUT2D eigenvalue weighted by Crippen LogP contribution is 2.34. The topological polar surface area (TPSA) is 55.1 Å². The van der Waals surface area contributed by atoms with Crippen LogP contribution in [0, 0.1) is 18.6 Å². The van der Waals surface area contributed by atoms with Gasteiger partial charge in [0.2, 0.25) is 0 Å². The quantitative estimate of drug-likeness (QED) is 0.651. The van der Waals surface area contributed by atoms with Crippen molar-refractivity contribution in [2.24, 2.45) is 0 Å². The first kappa shape index (κ1) is 17.4. The zero-order valence-electron chi connectivity index (χ0n) is 12.7. The van der Waals surface area contributed by atoms with E-state index in [-0.39, 0.29) is 38.3 Å². The second-order valence-electron chi connectivity index (χ2n) is 5.14. The highest BCUT2D eigenvalue weighted by Gasteiger charge is 2.26. The molecular formula is C17H10Cl2F2N2O2. The number of rotatable bonds is 3. The van der Waals surface area contributed by atoms with Gasteiger partial charge in [0.05, 0.1) is 16.3 Å². The number of nitrogens with one attached hydrogen (secondary N) is 1. The zero-order chi connectivity index (χ0) is 18.1. The van der Waals surface area contributed by atoms with Crippen LogP contribution >= 0.6 is 23.2 Å². The molecule has 0 unspecified atom stereocenters. The van der Waals surface area contributed by atoms with Gasteiger partial charge in [0.1, 0.15) is 28.7 Å². The number of anilines is 1. The van der Waals surface area contributed by atoms with E-state index in [0.29, 0.717) is 0 Å². The Hall–Kier alpha value is -2.44. The third-order valence-corrected chi connectivity index (χ3v) is 4.02. The minimum absolute atomic E-state index is 0.0404. The maximum absolute atomic E-state index is 14.2. The van der Waals surface area contributed by atoms with Gasteiger partial charge >= 0.3 is 0 Å². The Morgan fingerprint density at radius 1 is 1.16 bits per heavy atom. The third-order valence-electron chi connectivity index (χ3n) is 3.47. The van der Waals surface area contributed by atoms with Crippen LogP contribution in [0.25, 0.3) is 11.3 Å². The average molecular weight is 383 g/mol. The van der Waals surface area contributed by atoms with Crippen LogP contribution in [0.15, 0.2) is 40.9 Å². The van der Waals surface area contributed by atoms with Crippen molar-refractivity contribution >= 4 is 34.8 Å². The Labute approximate surface area is 151 Å². The largest absolute Gasteiger partial charge is 0.360 e. The SMILES string of the molecule is Cc1onc(-c2c(F)cccc2Cl)c1C(=O)Nc1ccc(Cl)cc1F. The molecular weight excluding hydrogens is 373 g/mol. The van der Waals surface area contributed by atoms with Crippen molar-refractivity contribution in [2.75, 3.05) is 5.32 Å². The van der Waals surface area contributed by atoms with Gasteiger partial charge in [-0.2, -0.15) is 0 Å². The summed E-state index contributed by atoms with van der Waals surface area (Å²) in [4.78, 5) is 12.6. The van der Waals surface area contributed by atoms with E-state index in [1.165, 1.54) is 37.3 Å². The maximum atomic E-state index is 14.2. The molecule has 25 heavy (non-hydrogen) atoms. The smallest absolute Gasteiger partial charge is 0.261 e. The fourth-order valence-corrected chi connectivity index (χ4v) is 2.72. The lowest BCUT2D eigenvalue weighted by Crippen LogP contribution is -2.14. The van der Waals surface area contributed by atoms with E-state index in [1.54, 1.807) is 0 Å². The average Bonchev–Trinajstić information content (AvgIpc) is 2.91. The summed E-state index contributed by atoms with van der Waals surface area (Å²) in [5.41, 5.74) is -0.253.